The Morgan fingerprint density at radius 1 is 1.33 bits per heavy atom. The van der Waals surface area contributed by atoms with Crippen LogP contribution in [0.15, 0.2) is 23.1 Å². The van der Waals surface area contributed by atoms with Crippen molar-refractivity contribution in [1.82, 2.24) is 5.32 Å². The second kappa shape index (κ2) is 7.85. The van der Waals surface area contributed by atoms with Gasteiger partial charge in [0.05, 0.1) is 7.11 Å². The predicted molar refractivity (Wildman–Crippen MR) is 87.9 cm³/mol. The Hall–Kier alpha value is -1.00. The number of hydrogen-bond donors (Lipinski definition) is 1. The van der Waals surface area contributed by atoms with Crippen molar-refractivity contribution < 1.29 is 9.53 Å². The van der Waals surface area contributed by atoms with E-state index in [-0.39, 0.29) is 18.1 Å². The molecule has 2 rings (SSSR count). The molecule has 1 aromatic rings. The average Bonchev–Trinajstić information content (AvgIpc) is 2.92. The van der Waals surface area contributed by atoms with Gasteiger partial charge >= 0.3 is 5.97 Å². The number of esters is 1. The van der Waals surface area contributed by atoms with Gasteiger partial charge in [-0.3, -0.25) is 4.79 Å². The highest BCUT2D eigenvalue weighted by molar-refractivity contribution is 7.99. The Morgan fingerprint density at radius 2 is 2.10 bits per heavy atom. The van der Waals surface area contributed by atoms with Crippen LogP contribution in [0.4, 0.5) is 0 Å². The van der Waals surface area contributed by atoms with Gasteiger partial charge in [-0.05, 0) is 48.9 Å². The number of nitrogens with one attached hydrogen (secondary N) is 1. The van der Waals surface area contributed by atoms with Gasteiger partial charge in [-0.2, -0.15) is 0 Å². The van der Waals surface area contributed by atoms with Crippen LogP contribution >= 0.6 is 11.8 Å². The number of carbonyl (C=O) groups is 1. The lowest BCUT2D eigenvalue weighted by molar-refractivity contribution is -0.143. The fraction of sp³-hybridized carbons (Fsp3) is 0.588. The molecule has 1 N–H and O–H groups in total. The van der Waals surface area contributed by atoms with Crippen molar-refractivity contribution in [2.75, 3.05) is 12.9 Å². The molecule has 0 aliphatic heterocycles. The van der Waals surface area contributed by atoms with E-state index in [1.54, 1.807) is 0 Å². The minimum atomic E-state index is -0.211. The van der Waals surface area contributed by atoms with Crippen molar-refractivity contribution in [2.24, 2.45) is 0 Å². The Balaban J connectivity index is 1.85. The predicted octanol–water partition coefficient (Wildman–Crippen LogP) is 3.20. The van der Waals surface area contributed by atoms with Gasteiger partial charge in [-0.1, -0.05) is 19.9 Å². The van der Waals surface area contributed by atoms with Gasteiger partial charge in [0.2, 0.25) is 0 Å². The van der Waals surface area contributed by atoms with E-state index in [4.69, 9.17) is 4.74 Å². The Morgan fingerprint density at radius 3 is 2.81 bits per heavy atom. The summed E-state index contributed by atoms with van der Waals surface area (Å²) in [5.41, 5.74) is 3.01. The quantitative estimate of drug-likeness (QED) is 0.620. The lowest BCUT2D eigenvalue weighted by atomic mass is 10.1. The van der Waals surface area contributed by atoms with Gasteiger partial charge in [-0.15, -0.1) is 11.8 Å². The topological polar surface area (TPSA) is 38.3 Å². The highest BCUT2D eigenvalue weighted by Gasteiger charge is 2.19. The lowest BCUT2D eigenvalue weighted by Crippen LogP contribution is -2.41. The largest absolute Gasteiger partial charge is 0.468 e. The normalized spacial score (nSPS) is 15.0. The molecule has 1 aliphatic carbocycles. The fourth-order valence-corrected chi connectivity index (χ4v) is 3.73. The highest BCUT2D eigenvalue weighted by atomic mass is 32.2. The Bertz CT molecular complexity index is 488. The molecule has 1 aromatic carbocycles. The van der Waals surface area contributed by atoms with Gasteiger partial charge in [0.25, 0.3) is 0 Å². The molecule has 116 valence electrons. The summed E-state index contributed by atoms with van der Waals surface area (Å²) in [7, 11) is 1.45. The minimum absolute atomic E-state index is 0.168. The van der Waals surface area contributed by atoms with Crippen LogP contribution in [-0.4, -0.2) is 30.9 Å². The summed E-state index contributed by atoms with van der Waals surface area (Å²) < 4.78 is 4.87. The lowest BCUT2D eigenvalue weighted by Gasteiger charge is -2.18. The minimum Gasteiger partial charge on any atom is -0.468 e. The third kappa shape index (κ3) is 4.75. The average molecular weight is 307 g/mol. The van der Waals surface area contributed by atoms with Crippen molar-refractivity contribution in [2.45, 2.75) is 56.5 Å². The van der Waals surface area contributed by atoms with E-state index in [9.17, 15) is 4.79 Å². The van der Waals surface area contributed by atoms with Crippen LogP contribution in [0.5, 0.6) is 0 Å². The molecule has 1 unspecified atom stereocenters. The van der Waals surface area contributed by atoms with E-state index in [1.165, 1.54) is 42.4 Å². The van der Waals surface area contributed by atoms with E-state index in [2.05, 4.69) is 23.5 Å². The molecule has 0 fully saturated rings. The third-order valence-corrected chi connectivity index (χ3v) is 4.79. The molecule has 21 heavy (non-hydrogen) atoms. The molecule has 3 nitrogen and oxygen atoms in total. The number of rotatable bonds is 7. The molecule has 0 saturated heterocycles. The highest BCUT2D eigenvalue weighted by Crippen LogP contribution is 2.28. The Kier molecular flexibility index (Phi) is 6.12. The first kappa shape index (κ1) is 16.4. The third-order valence-electron chi connectivity index (χ3n) is 3.77. The first-order valence-corrected chi connectivity index (χ1v) is 8.67. The van der Waals surface area contributed by atoms with Crippen molar-refractivity contribution >= 4 is 17.7 Å². The molecule has 1 aliphatic rings. The number of fused-ring (bicyclic) bond motifs is 1. The van der Waals surface area contributed by atoms with Crippen LogP contribution in [0, 0.1) is 0 Å². The SMILES string of the molecule is COC(=O)C(CCSc1ccc2c(c1)CCC2)NC(C)C. The van der Waals surface area contributed by atoms with Gasteiger partial charge in [0.15, 0.2) is 0 Å². The van der Waals surface area contributed by atoms with Crippen molar-refractivity contribution in [3.8, 4) is 0 Å². The summed E-state index contributed by atoms with van der Waals surface area (Å²) in [5, 5.41) is 3.27. The summed E-state index contributed by atoms with van der Waals surface area (Å²) >= 11 is 1.82. The maximum absolute atomic E-state index is 11.7. The van der Waals surface area contributed by atoms with Crippen LogP contribution in [0.2, 0.25) is 0 Å². The standard InChI is InChI=1S/C17H25NO2S/c1-12(2)18-16(17(19)20-3)9-10-21-15-8-7-13-5-4-6-14(13)11-15/h7-8,11-12,16,18H,4-6,9-10H2,1-3H3. The van der Waals surface area contributed by atoms with Crippen LogP contribution < -0.4 is 5.32 Å². The smallest absolute Gasteiger partial charge is 0.322 e. The van der Waals surface area contributed by atoms with E-state index < -0.39 is 0 Å². The van der Waals surface area contributed by atoms with Crippen molar-refractivity contribution in [3.63, 3.8) is 0 Å². The summed E-state index contributed by atoms with van der Waals surface area (Å²) in [6.45, 7) is 4.09. The number of aryl methyl sites for hydroxylation is 2. The van der Waals surface area contributed by atoms with Gasteiger partial charge in [-0.25, -0.2) is 0 Å². The van der Waals surface area contributed by atoms with Gasteiger partial charge in [0, 0.05) is 16.7 Å². The maximum atomic E-state index is 11.7. The van der Waals surface area contributed by atoms with Gasteiger partial charge in [0.1, 0.15) is 6.04 Å². The zero-order valence-corrected chi connectivity index (χ0v) is 14.0. The molecule has 0 saturated carbocycles. The fourth-order valence-electron chi connectivity index (χ4n) is 2.75. The number of hydrogen-bond acceptors (Lipinski definition) is 4. The number of methoxy groups -OCH3 is 1. The molecule has 0 heterocycles. The second-order valence-electron chi connectivity index (χ2n) is 5.82. The second-order valence-corrected chi connectivity index (χ2v) is 6.99. The molecule has 0 bridgehead atoms. The van der Waals surface area contributed by atoms with E-state index in [0.717, 1.165) is 12.2 Å². The van der Waals surface area contributed by atoms with Crippen LogP contribution in [0.1, 0.15) is 37.8 Å². The Labute approximate surface area is 131 Å². The van der Waals surface area contributed by atoms with Crippen LogP contribution in [0.25, 0.3) is 0 Å². The summed E-state index contributed by atoms with van der Waals surface area (Å²) in [4.78, 5) is 13.1. The maximum Gasteiger partial charge on any atom is 0.322 e. The van der Waals surface area contributed by atoms with E-state index in [1.807, 2.05) is 25.6 Å². The molecule has 0 amide bonds. The van der Waals surface area contributed by atoms with E-state index in [0.29, 0.717) is 0 Å². The van der Waals surface area contributed by atoms with Crippen molar-refractivity contribution in [1.29, 1.82) is 0 Å². The molecular weight excluding hydrogens is 282 g/mol. The number of thioether (sulfide) groups is 1. The van der Waals surface area contributed by atoms with Crippen molar-refractivity contribution in [3.05, 3.63) is 29.3 Å². The molecule has 0 spiro atoms. The van der Waals surface area contributed by atoms with Crippen LogP contribution in [-0.2, 0) is 22.4 Å². The van der Waals surface area contributed by atoms with Gasteiger partial charge < -0.3 is 10.1 Å². The zero-order valence-electron chi connectivity index (χ0n) is 13.1. The molecule has 0 radical (unpaired) electrons. The first-order valence-electron chi connectivity index (χ1n) is 7.68. The zero-order chi connectivity index (χ0) is 15.2. The van der Waals surface area contributed by atoms with E-state index >= 15 is 0 Å². The molecule has 0 aromatic heterocycles. The number of ether oxygens (including phenoxy) is 1. The monoisotopic (exact) mass is 307 g/mol. The first-order chi connectivity index (χ1) is 10.1. The molecular formula is C17H25NO2S. The summed E-state index contributed by atoms with van der Waals surface area (Å²) in [5.74, 6) is 0.747. The summed E-state index contributed by atoms with van der Waals surface area (Å²) in [6.07, 6.45) is 4.51. The summed E-state index contributed by atoms with van der Waals surface area (Å²) in [6, 6.07) is 6.85. The van der Waals surface area contributed by atoms with Crippen LogP contribution in [0.3, 0.4) is 0 Å². The number of carbonyl (C=O) groups excluding carboxylic acids is 1. The molecule has 1 atom stereocenters. The molecule has 4 heteroatoms. The number of benzene rings is 1.